The SMILES string of the molecule is COC(=O)C1([Se]c2ccccc2)CCN2CCC(OCc3ccccc3[NH+]([O-])O)C21. The maximum atomic E-state index is 13.1. The molecule has 0 bridgehead atoms. The van der Waals surface area contributed by atoms with E-state index in [0.29, 0.717) is 5.56 Å². The minimum absolute atomic E-state index is 0.0536. The number of nitrogens with zero attached hydrogens (tertiary/aromatic N) is 1. The summed E-state index contributed by atoms with van der Waals surface area (Å²) >= 11 is -0.105. The van der Waals surface area contributed by atoms with Crippen molar-refractivity contribution < 1.29 is 24.7 Å². The third kappa shape index (κ3) is 4.05. The quantitative estimate of drug-likeness (QED) is 0.349. The predicted molar refractivity (Wildman–Crippen MR) is 112 cm³/mol. The van der Waals surface area contributed by atoms with Gasteiger partial charge >= 0.3 is 182 Å². The van der Waals surface area contributed by atoms with Crippen molar-refractivity contribution in [3.63, 3.8) is 0 Å². The number of carbonyl (C=O) groups is 1. The zero-order valence-corrected chi connectivity index (χ0v) is 18.5. The zero-order chi connectivity index (χ0) is 21.1. The first-order valence-electron chi connectivity index (χ1n) is 10.0. The van der Waals surface area contributed by atoms with Crippen LogP contribution in [0.1, 0.15) is 18.4 Å². The van der Waals surface area contributed by atoms with Gasteiger partial charge in [0.05, 0.1) is 0 Å². The number of benzene rings is 2. The van der Waals surface area contributed by atoms with E-state index in [1.54, 1.807) is 18.2 Å². The molecule has 4 rings (SSSR count). The number of fused-ring (bicyclic) bond motifs is 1. The number of hydrogen-bond acceptors (Lipinski definition) is 6. The molecular weight excluding hydrogens is 451 g/mol. The van der Waals surface area contributed by atoms with Gasteiger partial charge in [-0.1, -0.05) is 0 Å². The Bertz CT molecular complexity index is 881. The van der Waals surface area contributed by atoms with E-state index in [9.17, 15) is 15.2 Å². The van der Waals surface area contributed by atoms with Gasteiger partial charge in [0.1, 0.15) is 0 Å². The summed E-state index contributed by atoms with van der Waals surface area (Å²) < 4.78 is 12.1. The molecule has 7 nitrogen and oxygen atoms in total. The molecule has 2 aliphatic heterocycles. The molecule has 2 aliphatic rings. The van der Waals surface area contributed by atoms with Gasteiger partial charge in [-0.15, -0.1) is 0 Å². The normalized spacial score (nSPS) is 27.0. The Morgan fingerprint density at radius 2 is 1.97 bits per heavy atom. The van der Waals surface area contributed by atoms with Crippen molar-refractivity contribution in [2.24, 2.45) is 0 Å². The average molecular weight is 477 g/mol. The number of esters is 1. The van der Waals surface area contributed by atoms with Crippen molar-refractivity contribution in [2.75, 3.05) is 20.2 Å². The van der Waals surface area contributed by atoms with Crippen molar-refractivity contribution in [1.29, 1.82) is 0 Å². The van der Waals surface area contributed by atoms with E-state index in [-0.39, 0.29) is 45.4 Å². The van der Waals surface area contributed by atoms with Crippen LogP contribution < -0.4 is 9.69 Å². The first-order valence-corrected chi connectivity index (χ1v) is 11.8. The Hall–Kier alpha value is -1.77. The summed E-state index contributed by atoms with van der Waals surface area (Å²) in [6.45, 7) is 1.94. The molecule has 4 unspecified atom stereocenters. The Balaban J connectivity index is 1.58. The van der Waals surface area contributed by atoms with Crippen LogP contribution in [0, 0.1) is 5.21 Å². The van der Waals surface area contributed by atoms with E-state index in [0.717, 1.165) is 25.9 Å². The monoisotopic (exact) mass is 478 g/mol. The molecule has 2 N–H and O–H groups in total. The van der Waals surface area contributed by atoms with Crippen LogP contribution in [0.15, 0.2) is 54.6 Å². The van der Waals surface area contributed by atoms with Crippen LogP contribution in [-0.4, -0.2) is 63.4 Å². The molecule has 0 radical (unpaired) electrons. The molecule has 8 heteroatoms. The van der Waals surface area contributed by atoms with E-state index in [1.807, 2.05) is 24.3 Å². The molecular formula is C22H26N2O5Se. The molecule has 2 fully saturated rings. The standard InChI is InChI=1S/C22H26N2O5Se/c1-28-21(25)22(30-17-8-3-2-4-9-17)12-14-23-13-11-19(20(22)23)29-15-16-7-5-6-10-18(16)24(26)27/h2-10,19-20,24,26H,11-15H2,1H3. The molecule has 2 heterocycles. The van der Waals surface area contributed by atoms with Crippen molar-refractivity contribution in [3.05, 3.63) is 65.4 Å². The van der Waals surface area contributed by atoms with Gasteiger partial charge in [-0.3, -0.25) is 0 Å². The van der Waals surface area contributed by atoms with E-state index in [1.165, 1.54) is 11.6 Å². The van der Waals surface area contributed by atoms with Crippen molar-refractivity contribution in [1.82, 2.24) is 4.90 Å². The average Bonchev–Trinajstić information content (AvgIpc) is 3.34. The number of hydrogen-bond donors (Lipinski definition) is 2. The van der Waals surface area contributed by atoms with Gasteiger partial charge in [-0.25, -0.2) is 0 Å². The second-order valence-corrected chi connectivity index (χ2v) is 10.6. The van der Waals surface area contributed by atoms with Crippen molar-refractivity contribution in [3.8, 4) is 0 Å². The second-order valence-electron chi connectivity index (χ2n) is 7.63. The molecule has 4 atom stereocenters. The zero-order valence-electron chi connectivity index (χ0n) is 16.8. The first kappa shape index (κ1) is 21.5. The summed E-state index contributed by atoms with van der Waals surface area (Å²) in [6.07, 6.45) is 1.44. The minimum atomic E-state index is -0.959. The second kappa shape index (κ2) is 9.16. The van der Waals surface area contributed by atoms with E-state index in [2.05, 4.69) is 17.0 Å². The van der Waals surface area contributed by atoms with Gasteiger partial charge in [0.25, 0.3) is 0 Å². The number of ether oxygens (including phenoxy) is 2. The fraction of sp³-hybridized carbons (Fsp3) is 0.409. The molecule has 0 aliphatic carbocycles. The van der Waals surface area contributed by atoms with Gasteiger partial charge in [0, 0.05) is 0 Å². The third-order valence-electron chi connectivity index (χ3n) is 5.97. The van der Waals surface area contributed by atoms with Gasteiger partial charge < -0.3 is 0 Å². The molecule has 2 saturated heterocycles. The fourth-order valence-corrected chi connectivity index (χ4v) is 7.74. The van der Waals surface area contributed by atoms with Gasteiger partial charge in [-0.05, 0) is 0 Å². The Kier molecular flexibility index (Phi) is 6.55. The van der Waals surface area contributed by atoms with Gasteiger partial charge in [0.2, 0.25) is 0 Å². The summed E-state index contributed by atoms with van der Waals surface area (Å²) in [4.78, 5) is 15.4. The van der Waals surface area contributed by atoms with Crippen LogP contribution in [0.4, 0.5) is 5.69 Å². The van der Waals surface area contributed by atoms with E-state index in [4.69, 9.17) is 9.47 Å². The van der Waals surface area contributed by atoms with Gasteiger partial charge in [0.15, 0.2) is 0 Å². The van der Waals surface area contributed by atoms with Crippen LogP contribution in [-0.2, 0) is 20.9 Å². The van der Waals surface area contributed by atoms with Crippen LogP contribution >= 0.6 is 0 Å². The number of methoxy groups -OCH3 is 1. The first-order chi connectivity index (χ1) is 14.5. The Morgan fingerprint density at radius 3 is 2.70 bits per heavy atom. The summed E-state index contributed by atoms with van der Waals surface area (Å²) in [5, 5.41) is 20.0. The van der Waals surface area contributed by atoms with E-state index < -0.39 is 9.54 Å². The molecule has 2 aromatic carbocycles. The number of quaternary nitrogens is 1. The molecule has 30 heavy (non-hydrogen) atoms. The summed E-state index contributed by atoms with van der Waals surface area (Å²) in [5.74, 6) is -0.166. The fourth-order valence-electron chi connectivity index (χ4n) is 4.60. The van der Waals surface area contributed by atoms with Crippen LogP contribution in [0.25, 0.3) is 0 Å². The number of para-hydroxylation sites is 1. The topological polar surface area (TPSA) is 86.5 Å². The molecule has 0 saturated carbocycles. The van der Waals surface area contributed by atoms with Crippen LogP contribution in [0.2, 0.25) is 4.31 Å². The van der Waals surface area contributed by atoms with Crippen LogP contribution in [0.5, 0.6) is 0 Å². The number of carbonyl (C=O) groups excluding carboxylic acids is 1. The molecule has 0 spiro atoms. The van der Waals surface area contributed by atoms with Crippen molar-refractivity contribution >= 4 is 31.1 Å². The maximum absolute atomic E-state index is 13.1. The Labute approximate surface area is 182 Å². The predicted octanol–water partition coefficient (Wildman–Crippen LogP) is 0.815. The Morgan fingerprint density at radius 1 is 1.23 bits per heavy atom. The molecule has 0 amide bonds. The molecule has 2 aromatic rings. The summed E-state index contributed by atoms with van der Waals surface area (Å²) in [6, 6.07) is 17.0. The van der Waals surface area contributed by atoms with Gasteiger partial charge in [-0.2, -0.15) is 0 Å². The number of rotatable bonds is 7. The van der Waals surface area contributed by atoms with E-state index >= 15 is 0 Å². The molecule has 0 aromatic heterocycles. The third-order valence-corrected chi connectivity index (χ3v) is 9.08. The van der Waals surface area contributed by atoms with Crippen LogP contribution in [0.3, 0.4) is 0 Å². The van der Waals surface area contributed by atoms with Crippen molar-refractivity contribution in [2.45, 2.75) is 35.9 Å². The molecule has 160 valence electrons. The summed E-state index contributed by atoms with van der Waals surface area (Å²) in [5.41, 5.74) is 0.908. The number of nitrogens with one attached hydrogen (secondary N) is 1. The summed E-state index contributed by atoms with van der Waals surface area (Å²) in [7, 11) is 1.46.